The third kappa shape index (κ3) is 2.85. The molecule has 1 atom stereocenters. The predicted molar refractivity (Wildman–Crippen MR) is 65.8 cm³/mol. The van der Waals surface area contributed by atoms with Crippen LogP contribution in [0.4, 0.5) is 4.39 Å². The van der Waals surface area contributed by atoms with Crippen molar-refractivity contribution in [1.29, 1.82) is 0 Å². The van der Waals surface area contributed by atoms with Crippen molar-refractivity contribution in [3.63, 3.8) is 0 Å². The van der Waals surface area contributed by atoms with E-state index < -0.39 is 20.0 Å². The van der Waals surface area contributed by atoms with E-state index in [2.05, 4.69) is 5.18 Å². The first kappa shape index (κ1) is 13.8. The van der Waals surface area contributed by atoms with Gasteiger partial charge in [0.05, 0.1) is 5.56 Å². The molecule has 0 aromatic heterocycles. The van der Waals surface area contributed by atoms with Crippen LogP contribution in [0.2, 0.25) is 6.32 Å². The second-order valence-corrected chi connectivity index (χ2v) is 4.09. The molecule has 6 nitrogen and oxygen atoms in total. The van der Waals surface area contributed by atoms with Gasteiger partial charge in [-0.25, -0.2) is 4.39 Å². The van der Waals surface area contributed by atoms with Crippen LogP contribution in [0.5, 0.6) is 11.5 Å². The number of halogens is 1. The number of hydrogen-bond acceptors (Lipinski definition) is 6. The Bertz CT molecular complexity index is 473. The van der Waals surface area contributed by atoms with Gasteiger partial charge in [-0.15, -0.1) is 4.91 Å². The van der Waals surface area contributed by atoms with E-state index in [1.165, 1.54) is 6.07 Å². The zero-order valence-corrected chi connectivity index (χ0v) is 10.1. The van der Waals surface area contributed by atoms with Crippen molar-refractivity contribution in [1.82, 2.24) is 0 Å². The van der Waals surface area contributed by atoms with Crippen molar-refractivity contribution in [3.05, 3.63) is 28.2 Å². The Morgan fingerprint density at radius 3 is 3.05 bits per heavy atom. The van der Waals surface area contributed by atoms with Gasteiger partial charge in [0, 0.05) is 0 Å². The van der Waals surface area contributed by atoms with Gasteiger partial charge in [0.15, 0.2) is 0 Å². The van der Waals surface area contributed by atoms with E-state index in [4.69, 9.17) is 9.39 Å². The maximum atomic E-state index is 12.2. The molecule has 2 rings (SSSR count). The SMILES string of the molecule is O=NC(O)c1c(OCCF)ccc2c1OB(O)CC2. The number of aliphatic hydroxyl groups excluding tert-OH is 1. The van der Waals surface area contributed by atoms with E-state index in [9.17, 15) is 19.4 Å². The fourth-order valence-electron chi connectivity index (χ4n) is 2.01. The molecule has 2 N–H and O–H groups in total. The predicted octanol–water partition coefficient (Wildman–Crippen LogP) is 1.21. The molecule has 0 fully saturated rings. The zero-order chi connectivity index (χ0) is 13.8. The highest BCUT2D eigenvalue weighted by molar-refractivity contribution is 6.44. The molecule has 0 amide bonds. The molecule has 1 unspecified atom stereocenters. The van der Waals surface area contributed by atoms with Crippen LogP contribution in [0.3, 0.4) is 0 Å². The Morgan fingerprint density at radius 1 is 1.58 bits per heavy atom. The number of benzene rings is 1. The fraction of sp³-hybridized carbons (Fsp3) is 0.455. The molecule has 1 aromatic carbocycles. The monoisotopic (exact) mass is 269 g/mol. The summed E-state index contributed by atoms with van der Waals surface area (Å²) in [5.41, 5.74) is 0.760. The third-order valence-electron chi connectivity index (χ3n) is 2.84. The lowest BCUT2D eigenvalue weighted by Crippen LogP contribution is -2.27. The topological polar surface area (TPSA) is 88.4 Å². The molecule has 19 heavy (non-hydrogen) atoms. The molecule has 0 aliphatic carbocycles. The van der Waals surface area contributed by atoms with Crippen molar-refractivity contribution in [3.8, 4) is 11.5 Å². The first-order valence-corrected chi connectivity index (χ1v) is 5.87. The molecule has 8 heteroatoms. The maximum Gasteiger partial charge on any atom is 0.522 e. The van der Waals surface area contributed by atoms with Crippen LogP contribution in [-0.4, -0.2) is 30.5 Å². The summed E-state index contributed by atoms with van der Waals surface area (Å²) in [4.78, 5) is 10.6. The highest BCUT2D eigenvalue weighted by Crippen LogP contribution is 2.40. The van der Waals surface area contributed by atoms with Gasteiger partial charge in [0.1, 0.15) is 24.8 Å². The molecular weight excluding hydrogens is 256 g/mol. The van der Waals surface area contributed by atoms with Crippen molar-refractivity contribution >= 4 is 7.12 Å². The Labute approximate surface area is 109 Å². The molecule has 1 aliphatic rings. The molecule has 0 spiro atoms. The number of fused-ring (bicyclic) bond motifs is 1. The lowest BCUT2D eigenvalue weighted by atomic mass is 9.78. The molecule has 0 saturated heterocycles. The summed E-state index contributed by atoms with van der Waals surface area (Å²) < 4.78 is 22.5. The highest BCUT2D eigenvalue weighted by atomic mass is 19.1. The number of aliphatic hydroxyl groups is 1. The van der Waals surface area contributed by atoms with Crippen LogP contribution in [0.25, 0.3) is 0 Å². The number of rotatable bonds is 5. The normalized spacial score (nSPS) is 15.4. The molecule has 0 bridgehead atoms. The Kier molecular flexibility index (Phi) is 4.33. The number of nitroso groups, excluding NO2 is 1. The number of ether oxygens (including phenoxy) is 1. The van der Waals surface area contributed by atoms with E-state index in [1.807, 2.05) is 0 Å². The smallest absolute Gasteiger partial charge is 0.522 e. The lowest BCUT2D eigenvalue weighted by molar-refractivity contribution is 0.174. The second-order valence-electron chi connectivity index (χ2n) is 4.09. The largest absolute Gasteiger partial charge is 0.535 e. The summed E-state index contributed by atoms with van der Waals surface area (Å²) in [7, 11) is -1.01. The standard InChI is InChI=1S/C11H13BFNO5/c13-5-6-18-8-2-1-7-3-4-12(16)19-10(7)9(8)11(15)14-17/h1-2,11,15-16H,3-6H2. The first-order valence-electron chi connectivity index (χ1n) is 5.87. The van der Waals surface area contributed by atoms with E-state index in [0.717, 1.165) is 5.56 Å². The summed E-state index contributed by atoms with van der Waals surface area (Å²) in [5.74, 6) is 0.305. The van der Waals surface area contributed by atoms with Gasteiger partial charge in [-0.2, -0.15) is 0 Å². The molecule has 0 saturated carbocycles. The summed E-state index contributed by atoms with van der Waals surface area (Å²) in [6, 6.07) is 3.22. The van der Waals surface area contributed by atoms with Crippen LogP contribution in [-0.2, 0) is 6.42 Å². The highest BCUT2D eigenvalue weighted by Gasteiger charge is 2.30. The summed E-state index contributed by atoms with van der Waals surface area (Å²) in [6.45, 7) is -0.912. The molecule has 1 aliphatic heterocycles. The minimum absolute atomic E-state index is 0.0275. The summed E-state index contributed by atoms with van der Waals surface area (Å²) >= 11 is 0. The zero-order valence-electron chi connectivity index (χ0n) is 10.1. The van der Waals surface area contributed by atoms with Crippen LogP contribution in [0.15, 0.2) is 17.3 Å². The molecule has 1 aromatic rings. The molecule has 102 valence electrons. The number of hydrogen-bond donors (Lipinski definition) is 2. The lowest BCUT2D eigenvalue weighted by Gasteiger charge is -2.24. The number of alkyl halides is 1. The summed E-state index contributed by atoms with van der Waals surface area (Å²) in [6.07, 6.45) is -0.727. The second kappa shape index (κ2) is 5.98. The quantitative estimate of drug-likeness (QED) is 0.619. The maximum absolute atomic E-state index is 12.2. The van der Waals surface area contributed by atoms with E-state index in [1.54, 1.807) is 6.07 Å². The Hall–Kier alpha value is -1.67. The van der Waals surface area contributed by atoms with Crippen molar-refractivity contribution in [2.24, 2.45) is 5.18 Å². The van der Waals surface area contributed by atoms with Gasteiger partial charge in [-0.3, -0.25) is 0 Å². The molecule has 0 radical (unpaired) electrons. The van der Waals surface area contributed by atoms with Gasteiger partial charge in [0.2, 0.25) is 6.23 Å². The minimum atomic E-state index is -1.69. The number of nitrogens with zero attached hydrogens (tertiary/aromatic N) is 1. The molecular formula is C11H13BFNO5. The average molecular weight is 269 g/mol. The Morgan fingerprint density at radius 2 is 2.37 bits per heavy atom. The van der Waals surface area contributed by atoms with Gasteiger partial charge in [-0.1, -0.05) is 6.07 Å². The minimum Gasteiger partial charge on any atom is -0.535 e. The van der Waals surface area contributed by atoms with E-state index in [-0.39, 0.29) is 23.7 Å². The molecule has 1 heterocycles. The van der Waals surface area contributed by atoms with Crippen LogP contribution < -0.4 is 9.39 Å². The third-order valence-corrected chi connectivity index (χ3v) is 2.84. The van der Waals surface area contributed by atoms with Crippen LogP contribution in [0.1, 0.15) is 17.4 Å². The summed E-state index contributed by atoms with van der Waals surface area (Å²) in [5, 5.41) is 21.7. The van der Waals surface area contributed by atoms with Gasteiger partial charge >= 0.3 is 7.12 Å². The average Bonchev–Trinajstić information content (AvgIpc) is 2.43. The van der Waals surface area contributed by atoms with Crippen molar-refractivity contribution in [2.45, 2.75) is 19.0 Å². The Balaban J connectivity index is 2.44. The van der Waals surface area contributed by atoms with Gasteiger partial charge in [0.25, 0.3) is 0 Å². The van der Waals surface area contributed by atoms with E-state index in [0.29, 0.717) is 12.7 Å². The number of aryl methyl sites for hydroxylation is 1. The fourth-order valence-corrected chi connectivity index (χ4v) is 2.01. The van der Waals surface area contributed by atoms with Crippen LogP contribution >= 0.6 is 0 Å². The van der Waals surface area contributed by atoms with Crippen molar-refractivity contribution < 1.29 is 23.9 Å². The van der Waals surface area contributed by atoms with E-state index >= 15 is 0 Å². The van der Waals surface area contributed by atoms with Crippen molar-refractivity contribution in [2.75, 3.05) is 13.3 Å². The first-order chi connectivity index (χ1) is 9.17. The van der Waals surface area contributed by atoms with Crippen LogP contribution in [0, 0.1) is 4.91 Å². The van der Waals surface area contributed by atoms with Gasteiger partial charge in [-0.05, 0) is 29.5 Å². The van der Waals surface area contributed by atoms with Gasteiger partial charge < -0.3 is 19.5 Å².